The zero-order valence-corrected chi connectivity index (χ0v) is 4.52. The maximum absolute atomic E-state index is 9.67. The van der Waals surface area contributed by atoms with Gasteiger partial charge in [-0.1, -0.05) is 0 Å². The third-order valence-electron chi connectivity index (χ3n) is 0.793. The summed E-state index contributed by atoms with van der Waals surface area (Å²) in [7, 11) is 0. The molecule has 9 heavy (non-hydrogen) atoms. The Morgan fingerprint density at radius 2 is 2.00 bits per heavy atom. The van der Waals surface area contributed by atoms with Crippen LogP contribution in [0.15, 0.2) is 0 Å². The number of aliphatic hydroxyl groups excluding tert-OH is 3. The number of aliphatic carboxylic acids is 1. The molecular weight excluding hydrogens is 128 g/mol. The van der Waals surface area contributed by atoms with Crippen LogP contribution in [-0.4, -0.2) is 40.1 Å². The first-order valence-corrected chi connectivity index (χ1v) is 2.27. The molecule has 2 atom stereocenters. The number of hydrogen-bond acceptors (Lipinski definition) is 5. The quantitative estimate of drug-likeness (QED) is 0.372. The molecule has 0 aliphatic heterocycles. The minimum atomic E-state index is -2.00. The third kappa shape index (κ3) is 2.41. The second kappa shape index (κ2) is 3.39. The first-order chi connectivity index (χ1) is 4.09. The van der Waals surface area contributed by atoms with Crippen LogP contribution in [0.5, 0.6) is 0 Å². The van der Waals surface area contributed by atoms with E-state index in [0.717, 1.165) is 0 Å². The van der Waals surface area contributed by atoms with Crippen molar-refractivity contribution >= 4 is 5.97 Å². The summed E-state index contributed by atoms with van der Waals surface area (Å²) >= 11 is 0. The van der Waals surface area contributed by atoms with Gasteiger partial charge >= 0.3 is 0 Å². The lowest BCUT2D eigenvalue weighted by molar-refractivity contribution is -0.318. The van der Waals surface area contributed by atoms with Crippen LogP contribution in [0.3, 0.4) is 0 Å². The number of hydrogen-bond donors (Lipinski definition) is 3. The third-order valence-corrected chi connectivity index (χ3v) is 0.793. The fourth-order valence-electron chi connectivity index (χ4n) is 0.257. The lowest BCUT2D eigenvalue weighted by Crippen LogP contribution is -2.44. The van der Waals surface area contributed by atoms with Crippen LogP contribution in [0.4, 0.5) is 0 Å². The zero-order valence-electron chi connectivity index (χ0n) is 4.52. The summed E-state index contributed by atoms with van der Waals surface area (Å²) in [6.07, 6.45) is -3.66. The van der Waals surface area contributed by atoms with E-state index in [0.29, 0.717) is 0 Å². The first kappa shape index (κ1) is 8.35. The fourth-order valence-corrected chi connectivity index (χ4v) is 0.257. The average molecular weight is 135 g/mol. The molecule has 0 aromatic carbocycles. The highest BCUT2D eigenvalue weighted by Gasteiger charge is 2.14. The highest BCUT2D eigenvalue weighted by Crippen LogP contribution is 1.88. The maximum Gasteiger partial charge on any atom is 0.121 e. The van der Waals surface area contributed by atoms with Crippen LogP contribution >= 0.6 is 0 Å². The molecule has 0 radical (unpaired) electrons. The molecule has 5 nitrogen and oxygen atoms in total. The maximum atomic E-state index is 9.67. The number of carboxylic acids is 1. The molecular formula is C4H7O5-. The van der Waals surface area contributed by atoms with Crippen LogP contribution in [-0.2, 0) is 4.79 Å². The van der Waals surface area contributed by atoms with Crippen LogP contribution in [0, 0.1) is 0 Å². The summed E-state index contributed by atoms with van der Waals surface area (Å²) in [4.78, 5) is 9.67. The Labute approximate surface area is 51.2 Å². The van der Waals surface area contributed by atoms with E-state index >= 15 is 0 Å². The standard InChI is InChI=1S/C4H8O5/c5-1-2(6)3(7)4(8)9/h2-3,5-7H,1H2,(H,8,9)/p-1/t2-,3+/m0/s1. The van der Waals surface area contributed by atoms with Crippen molar-refractivity contribution in [3.8, 4) is 0 Å². The summed E-state index contributed by atoms with van der Waals surface area (Å²) in [6.45, 7) is -0.796. The molecule has 54 valence electrons. The Hall–Kier alpha value is -0.650. The Morgan fingerprint density at radius 3 is 2.11 bits per heavy atom. The van der Waals surface area contributed by atoms with Crippen molar-refractivity contribution in [2.45, 2.75) is 12.2 Å². The van der Waals surface area contributed by atoms with E-state index in [1.54, 1.807) is 0 Å². The van der Waals surface area contributed by atoms with Crippen molar-refractivity contribution in [1.29, 1.82) is 0 Å². The minimum absolute atomic E-state index is 0.796. The van der Waals surface area contributed by atoms with Crippen LogP contribution in [0.25, 0.3) is 0 Å². The van der Waals surface area contributed by atoms with Gasteiger partial charge in [0, 0.05) is 0 Å². The average Bonchev–Trinajstić information content (AvgIpc) is 1.84. The number of rotatable bonds is 3. The van der Waals surface area contributed by atoms with Crippen LogP contribution in [0.2, 0.25) is 0 Å². The molecule has 0 aromatic rings. The lowest BCUT2D eigenvalue weighted by atomic mass is 10.2. The van der Waals surface area contributed by atoms with Crippen LogP contribution < -0.4 is 5.11 Å². The van der Waals surface area contributed by atoms with E-state index in [4.69, 9.17) is 15.3 Å². The van der Waals surface area contributed by atoms with E-state index in [-0.39, 0.29) is 0 Å². The van der Waals surface area contributed by atoms with Gasteiger partial charge in [0.2, 0.25) is 0 Å². The summed E-state index contributed by atoms with van der Waals surface area (Å²) in [5.41, 5.74) is 0. The largest absolute Gasteiger partial charge is 0.547 e. The molecule has 0 spiro atoms. The van der Waals surface area contributed by atoms with Gasteiger partial charge in [-0.15, -0.1) is 0 Å². The van der Waals surface area contributed by atoms with Gasteiger partial charge < -0.3 is 25.2 Å². The SMILES string of the molecule is O=C([O-])[C@H](O)[C@@H](O)CO. The second-order valence-electron chi connectivity index (χ2n) is 1.51. The normalized spacial score (nSPS) is 16.8. The monoisotopic (exact) mass is 135 g/mol. The number of carboxylic acid groups (broad SMARTS) is 1. The number of aliphatic hydroxyl groups is 3. The molecule has 0 rings (SSSR count). The van der Waals surface area contributed by atoms with E-state index in [9.17, 15) is 9.90 Å². The van der Waals surface area contributed by atoms with Gasteiger partial charge in [0.25, 0.3) is 0 Å². The summed E-state index contributed by atoms with van der Waals surface area (Å²) in [5.74, 6) is -1.79. The van der Waals surface area contributed by atoms with Crippen molar-refractivity contribution in [1.82, 2.24) is 0 Å². The topological polar surface area (TPSA) is 101 Å². The molecule has 0 heterocycles. The summed E-state index contributed by atoms with van der Waals surface area (Å²) < 4.78 is 0. The Balaban J connectivity index is 3.72. The molecule has 0 bridgehead atoms. The van der Waals surface area contributed by atoms with Gasteiger partial charge in [-0.25, -0.2) is 0 Å². The molecule has 0 saturated heterocycles. The fraction of sp³-hybridized carbons (Fsp3) is 0.750. The molecule has 0 unspecified atom stereocenters. The zero-order chi connectivity index (χ0) is 7.44. The molecule has 0 aliphatic carbocycles. The summed E-state index contributed by atoms with van der Waals surface area (Å²) in [5, 5.41) is 34.4. The van der Waals surface area contributed by atoms with E-state index in [2.05, 4.69) is 0 Å². The van der Waals surface area contributed by atoms with E-state index in [1.165, 1.54) is 0 Å². The van der Waals surface area contributed by atoms with Crippen molar-refractivity contribution in [3.05, 3.63) is 0 Å². The number of carbonyl (C=O) groups is 1. The molecule has 0 aromatic heterocycles. The predicted molar refractivity (Wildman–Crippen MR) is 24.1 cm³/mol. The Bertz CT molecular complexity index is 101. The van der Waals surface area contributed by atoms with Crippen LogP contribution in [0.1, 0.15) is 0 Å². The van der Waals surface area contributed by atoms with E-state index < -0.39 is 24.8 Å². The molecule has 0 saturated carbocycles. The molecule has 5 heteroatoms. The second-order valence-corrected chi connectivity index (χ2v) is 1.51. The van der Waals surface area contributed by atoms with Gasteiger partial charge in [0.1, 0.15) is 12.2 Å². The highest BCUT2D eigenvalue weighted by atomic mass is 16.4. The number of carbonyl (C=O) groups excluding carboxylic acids is 1. The van der Waals surface area contributed by atoms with Crippen molar-refractivity contribution in [2.24, 2.45) is 0 Å². The predicted octanol–water partition coefficient (Wildman–Crippen LogP) is -3.55. The molecule has 0 aliphatic rings. The Kier molecular flexibility index (Phi) is 3.15. The van der Waals surface area contributed by atoms with E-state index in [1.807, 2.05) is 0 Å². The molecule has 3 N–H and O–H groups in total. The lowest BCUT2D eigenvalue weighted by Gasteiger charge is -2.15. The molecule has 0 fully saturated rings. The van der Waals surface area contributed by atoms with Gasteiger partial charge in [0.15, 0.2) is 0 Å². The van der Waals surface area contributed by atoms with Gasteiger partial charge in [-0.3, -0.25) is 0 Å². The van der Waals surface area contributed by atoms with Crippen molar-refractivity contribution in [2.75, 3.05) is 6.61 Å². The Morgan fingerprint density at radius 1 is 1.56 bits per heavy atom. The first-order valence-electron chi connectivity index (χ1n) is 2.27. The minimum Gasteiger partial charge on any atom is -0.547 e. The smallest absolute Gasteiger partial charge is 0.121 e. The molecule has 0 amide bonds. The highest BCUT2D eigenvalue weighted by molar-refractivity contribution is 5.70. The summed E-state index contributed by atoms with van der Waals surface area (Å²) in [6, 6.07) is 0. The van der Waals surface area contributed by atoms with Crippen molar-refractivity contribution < 1.29 is 25.2 Å². The van der Waals surface area contributed by atoms with Gasteiger partial charge in [-0.05, 0) is 0 Å². The van der Waals surface area contributed by atoms with Gasteiger partial charge in [0.05, 0.1) is 12.6 Å². The van der Waals surface area contributed by atoms with Gasteiger partial charge in [-0.2, -0.15) is 0 Å². The van der Waals surface area contributed by atoms with Crippen molar-refractivity contribution in [3.63, 3.8) is 0 Å².